The number of alkyl halides is 3. The van der Waals surface area contributed by atoms with E-state index in [9.17, 15) is 0 Å². The first-order chi connectivity index (χ1) is 54.6. The molecule has 0 saturated heterocycles. The van der Waals surface area contributed by atoms with E-state index in [1.54, 1.807) is 6.07 Å². The van der Waals surface area contributed by atoms with Crippen LogP contribution in [0.4, 0.5) is 18.9 Å². The van der Waals surface area contributed by atoms with Crippen molar-refractivity contribution in [2.24, 2.45) is 0 Å². The monoisotopic (exact) mass is 1430 g/mol. The highest BCUT2D eigenvalue weighted by molar-refractivity contribution is 6.15. The fourth-order valence-electron chi connectivity index (χ4n) is 16.3. The Kier molecular flexibility index (Phi) is 15.9. The van der Waals surface area contributed by atoms with Crippen LogP contribution >= 0.6 is 0 Å². The standard InChI is InChI=1S/C101H62F3N7/c1-105-89-49-47-78(109-90-50-41-71(64-24-9-2-10-25-64)56-81(90)82-57-72(42-51-91(82)109)65-26-11-3-12-27-65)63-87(89)100-107-98(70-36-21-8-22-37-70)106-99(108-100)80-48-40-77(62-96(80)110-92-52-43-73(66-28-13-4-14-29-66)58-83(92)84-59-74(44-53-93(84)110)67-30-15-5-16-31-67)79-38-23-39-88(101(102,103)104)97(79)111-94-54-45-75(68-32-17-6-18-33-68)60-85(94)86-61-76(46-55-95(86)111)69-34-19-7-20-35-69/h2-63H. The summed E-state index contributed by atoms with van der Waals surface area (Å²) in [5, 5.41) is 5.62. The van der Waals surface area contributed by atoms with Gasteiger partial charge in [-0.2, -0.15) is 13.2 Å². The molecule has 4 heterocycles. The minimum Gasteiger partial charge on any atom is -0.309 e. The summed E-state index contributed by atoms with van der Waals surface area (Å²) in [6, 6.07) is 126. The van der Waals surface area contributed by atoms with Crippen molar-refractivity contribution in [2.75, 3.05) is 0 Å². The maximum atomic E-state index is 16.7. The Labute approximate surface area is 637 Å². The molecule has 0 radical (unpaired) electrons. The molecule has 0 saturated carbocycles. The van der Waals surface area contributed by atoms with Gasteiger partial charge in [-0.25, -0.2) is 19.8 Å². The predicted octanol–water partition coefficient (Wildman–Crippen LogP) is 27.4. The minimum atomic E-state index is -4.82. The molecule has 0 aliphatic heterocycles. The molecular weight excluding hydrogens is 1370 g/mol. The molecule has 0 aliphatic rings. The Morgan fingerprint density at radius 2 is 0.568 bits per heavy atom. The summed E-state index contributed by atoms with van der Waals surface area (Å²) in [6.45, 7) is 8.89. The molecule has 16 aromatic carbocycles. The number of hydrogen-bond donors (Lipinski definition) is 0. The second-order valence-electron chi connectivity index (χ2n) is 28.0. The summed E-state index contributed by atoms with van der Waals surface area (Å²) in [5.41, 5.74) is 20.6. The van der Waals surface area contributed by atoms with E-state index in [1.807, 2.05) is 205 Å². The van der Waals surface area contributed by atoms with Gasteiger partial charge < -0.3 is 13.7 Å². The largest absolute Gasteiger partial charge is 0.418 e. The lowest BCUT2D eigenvalue weighted by Gasteiger charge is -2.22. The smallest absolute Gasteiger partial charge is 0.309 e. The summed E-state index contributed by atoms with van der Waals surface area (Å²) in [6.07, 6.45) is -4.82. The van der Waals surface area contributed by atoms with Gasteiger partial charge in [0.05, 0.1) is 56.6 Å². The third-order valence-electron chi connectivity index (χ3n) is 21.6. The van der Waals surface area contributed by atoms with Crippen molar-refractivity contribution in [3.8, 4) is 129 Å². The second-order valence-corrected chi connectivity index (χ2v) is 28.0. The second kappa shape index (κ2) is 26.9. The van der Waals surface area contributed by atoms with Gasteiger partial charge in [0.15, 0.2) is 23.2 Å². The third-order valence-corrected chi connectivity index (χ3v) is 21.6. The van der Waals surface area contributed by atoms with Crippen molar-refractivity contribution in [1.82, 2.24) is 28.7 Å². The van der Waals surface area contributed by atoms with Crippen molar-refractivity contribution < 1.29 is 13.2 Å². The van der Waals surface area contributed by atoms with Crippen LogP contribution in [0.1, 0.15) is 5.56 Å². The van der Waals surface area contributed by atoms with Gasteiger partial charge in [-0.15, -0.1) is 0 Å². The molecule has 0 atom stereocenters. The van der Waals surface area contributed by atoms with E-state index in [0.717, 1.165) is 127 Å². The van der Waals surface area contributed by atoms with Crippen LogP contribution in [-0.4, -0.2) is 28.7 Å². The lowest BCUT2D eigenvalue weighted by atomic mass is 9.96. The molecule has 522 valence electrons. The molecule has 0 aliphatic carbocycles. The minimum absolute atomic E-state index is 0.0252. The number of hydrogen-bond acceptors (Lipinski definition) is 3. The van der Waals surface area contributed by atoms with E-state index in [-0.39, 0.29) is 17.3 Å². The molecule has 0 bridgehead atoms. The van der Waals surface area contributed by atoms with Crippen LogP contribution in [0.25, 0.3) is 199 Å². The first-order valence-corrected chi connectivity index (χ1v) is 36.9. The van der Waals surface area contributed by atoms with Crippen molar-refractivity contribution in [2.45, 2.75) is 6.18 Å². The van der Waals surface area contributed by atoms with Gasteiger partial charge in [-0.3, -0.25) is 0 Å². The Bertz CT molecular complexity index is 6800. The van der Waals surface area contributed by atoms with Gasteiger partial charge in [0, 0.05) is 60.3 Å². The van der Waals surface area contributed by atoms with Gasteiger partial charge in [0.1, 0.15) is 0 Å². The molecule has 0 fully saturated rings. The highest BCUT2D eigenvalue weighted by atomic mass is 19.4. The number of para-hydroxylation sites is 1. The summed E-state index contributed by atoms with van der Waals surface area (Å²) in [7, 11) is 0. The topological polar surface area (TPSA) is 57.8 Å². The highest BCUT2D eigenvalue weighted by Crippen LogP contribution is 2.49. The zero-order valence-electron chi connectivity index (χ0n) is 59.6. The number of aromatic nitrogens is 6. The third kappa shape index (κ3) is 11.6. The van der Waals surface area contributed by atoms with Crippen LogP contribution in [0.5, 0.6) is 0 Å². The number of fused-ring (bicyclic) bond motifs is 9. The molecule has 0 amide bonds. The fourth-order valence-corrected chi connectivity index (χ4v) is 16.3. The molecule has 0 N–H and O–H groups in total. The molecule has 0 unspecified atom stereocenters. The van der Waals surface area contributed by atoms with Gasteiger partial charge in [0.2, 0.25) is 0 Å². The van der Waals surface area contributed by atoms with Crippen LogP contribution in [0.2, 0.25) is 0 Å². The Hall–Kier alpha value is -14.8. The van der Waals surface area contributed by atoms with Crippen molar-refractivity contribution in [3.05, 3.63) is 393 Å². The van der Waals surface area contributed by atoms with Gasteiger partial charge >= 0.3 is 6.18 Å². The zero-order chi connectivity index (χ0) is 74.3. The average molecular weight is 1430 g/mol. The molecule has 0 spiro atoms. The Morgan fingerprint density at radius 1 is 0.243 bits per heavy atom. The van der Waals surface area contributed by atoms with Crippen LogP contribution in [0.15, 0.2) is 376 Å². The SMILES string of the molecule is [C-]#[N+]c1ccc(-n2c3ccc(-c4ccccc4)cc3c3cc(-c4ccccc4)ccc32)cc1-c1nc(-c2ccccc2)nc(-c2ccc(-c3cccc(C(F)(F)F)c3-n3c4ccc(-c5ccccc5)cc4c4cc(-c5ccccc5)ccc43)cc2-n2c3ccc(-c4ccccc4)cc3c3cc(-c4ccccc4)ccc32)n1. The number of nitrogens with zero attached hydrogens (tertiary/aromatic N) is 7. The first-order valence-electron chi connectivity index (χ1n) is 36.9. The summed E-state index contributed by atoms with van der Waals surface area (Å²) in [5.74, 6) is 0.873. The zero-order valence-corrected chi connectivity index (χ0v) is 59.6. The van der Waals surface area contributed by atoms with Crippen LogP contribution in [-0.2, 0) is 6.18 Å². The predicted molar refractivity (Wildman–Crippen MR) is 448 cm³/mol. The fraction of sp³-hybridized carbons (Fsp3) is 0.00990. The summed E-state index contributed by atoms with van der Waals surface area (Å²) in [4.78, 5) is 20.6. The molecule has 20 rings (SSSR count). The van der Waals surface area contributed by atoms with E-state index >= 15 is 13.2 Å². The highest BCUT2D eigenvalue weighted by Gasteiger charge is 2.37. The lowest BCUT2D eigenvalue weighted by Crippen LogP contribution is -2.12. The molecule has 4 aromatic heterocycles. The Balaban J connectivity index is 0.850. The van der Waals surface area contributed by atoms with E-state index in [0.29, 0.717) is 56.0 Å². The van der Waals surface area contributed by atoms with Crippen molar-refractivity contribution in [3.63, 3.8) is 0 Å². The van der Waals surface area contributed by atoms with Crippen LogP contribution in [0.3, 0.4) is 0 Å². The van der Waals surface area contributed by atoms with E-state index in [1.165, 1.54) is 12.1 Å². The van der Waals surface area contributed by atoms with Gasteiger partial charge in [-0.05, 0) is 175 Å². The maximum Gasteiger partial charge on any atom is 0.418 e. The van der Waals surface area contributed by atoms with E-state index < -0.39 is 11.7 Å². The normalized spacial score (nSPS) is 11.7. The van der Waals surface area contributed by atoms with Gasteiger partial charge in [0.25, 0.3) is 0 Å². The maximum absolute atomic E-state index is 16.7. The van der Waals surface area contributed by atoms with Crippen LogP contribution < -0.4 is 0 Å². The van der Waals surface area contributed by atoms with Crippen molar-refractivity contribution in [1.29, 1.82) is 0 Å². The summed E-state index contributed by atoms with van der Waals surface area (Å²) < 4.78 is 56.4. The lowest BCUT2D eigenvalue weighted by molar-refractivity contribution is -0.137. The summed E-state index contributed by atoms with van der Waals surface area (Å²) >= 11 is 0. The first kappa shape index (κ1) is 65.7. The molecule has 111 heavy (non-hydrogen) atoms. The molecule has 10 heteroatoms. The number of halogens is 3. The number of rotatable bonds is 13. The van der Waals surface area contributed by atoms with Crippen molar-refractivity contribution >= 4 is 71.1 Å². The number of benzene rings is 16. The average Bonchev–Trinajstić information content (AvgIpc) is 1.60. The van der Waals surface area contributed by atoms with E-state index in [2.05, 4.69) is 172 Å². The molecule has 20 aromatic rings. The molecule has 7 nitrogen and oxygen atoms in total. The van der Waals surface area contributed by atoms with Gasteiger partial charge in [-0.1, -0.05) is 273 Å². The quantitative estimate of drug-likeness (QED) is 0.108. The van der Waals surface area contributed by atoms with Crippen LogP contribution in [0, 0.1) is 6.57 Å². The van der Waals surface area contributed by atoms with E-state index in [4.69, 9.17) is 21.5 Å². The molecular formula is C101H62F3N7. The Morgan fingerprint density at radius 3 is 0.928 bits per heavy atom.